The summed E-state index contributed by atoms with van der Waals surface area (Å²) in [6, 6.07) is 3.36. The summed E-state index contributed by atoms with van der Waals surface area (Å²) < 4.78 is 22.0. The van der Waals surface area contributed by atoms with Gasteiger partial charge in [0.05, 0.1) is 27.2 Å². The number of carbonyl (C=O) groups is 1. The Hall–Kier alpha value is -2.77. The first-order valence-corrected chi connectivity index (χ1v) is 10.2. The lowest BCUT2D eigenvalue weighted by molar-refractivity contribution is 0.0697. The van der Waals surface area contributed by atoms with E-state index >= 15 is 0 Å². The topological polar surface area (TPSA) is 86.9 Å². The molecule has 0 N–H and O–H groups in total. The first-order valence-electron chi connectivity index (χ1n) is 10.2. The lowest BCUT2D eigenvalue weighted by atomic mass is 9.92. The van der Waals surface area contributed by atoms with Crippen LogP contribution in [0.15, 0.2) is 16.5 Å². The Kier molecular flexibility index (Phi) is 6.53. The van der Waals surface area contributed by atoms with Gasteiger partial charge in [-0.2, -0.15) is 0 Å². The summed E-state index contributed by atoms with van der Waals surface area (Å²) in [5.74, 6) is 2.57. The zero-order valence-corrected chi connectivity index (χ0v) is 18.7. The zero-order valence-electron chi connectivity index (χ0n) is 18.7. The molecular weight excluding hydrogens is 386 g/mol. The van der Waals surface area contributed by atoms with Crippen LogP contribution in [0.2, 0.25) is 0 Å². The minimum Gasteiger partial charge on any atom is -0.493 e. The van der Waals surface area contributed by atoms with Gasteiger partial charge < -0.3 is 23.5 Å². The van der Waals surface area contributed by atoms with Crippen LogP contribution in [0, 0.1) is 5.41 Å². The van der Waals surface area contributed by atoms with Gasteiger partial charge in [-0.25, -0.2) is 0 Å². The molecule has 8 heteroatoms. The second kappa shape index (κ2) is 8.93. The molecule has 0 spiro atoms. The van der Waals surface area contributed by atoms with Gasteiger partial charge in [-0.1, -0.05) is 20.8 Å². The van der Waals surface area contributed by atoms with Crippen molar-refractivity contribution < 1.29 is 23.4 Å². The van der Waals surface area contributed by atoms with E-state index in [1.807, 2.05) is 4.90 Å². The number of ether oxygens (including phenoxy) is 3. The van der Waals surface area contributed by atoms with Crippen LogP contribution in [0.25, 0.3) is 0 Å². The van der Waals surface area contributed by atoms with E-state index in [1.54, 1.807) is 12.1 Å². The van der Waals surface area contributed by atoms with Gasteiger partial charge >= 0.3 is 0 Å². The first-order chi connectivity index (χ1) is 14.3. The number of likely N-dealkylation sites (tertiary alicyclic amines) is 1. The van der Waals surface area contributed by atoms with Crippen LogP contribution in [0.4, 0.5) is 0 Å². The molecule has 1 fully saturated rings. The fourth-order valence-corrected chi connectivity index (χ4v) is 3.71. The number of carbonyl (C=O) groups excluding carboxylic acids is 1. The Morgan fingerprint density at radius 1 is 1.13 bits per heavy atom. The second-order valence-corrected chi connectivity index (χ2v) is 8.78. The maximum absolute atomic E-state index is 13.2. The average molecular weight is 418 g/mol. The number of hydrogen-bond donors (Lipinski definition) is 0. The van der Waals surface area contributed by atoms with E-state index in [2.05, 4.69) is 31.0 Å². The van der Waals surface area contributed by atoms with Gasteiger partial charge in [0.25, 0.3) is 5.91 Å². The van der Waals surface area contributed by atoms with Crippen LogP contribution in [0.5, 0.6) is 17.2 Å². The Morgan fingerprint density at radius 2 is 1.80 bits per heavy atom. The third kappa shape index (κ3) is 4.86. The van der Waals surface area contributed by atoms with Gasteiger partial charge in [-0.3, -0.25) is 4.79 Å². The molecule has 164 valence electrons. The molecule has 1 amide bonds. The molecule has 8 nitrogen and oxygen atoms in total. The number of methoxy groups -OCH3 is 3. The van der Waals surface area contributed by atoms with Crippen molar-refractivity contribution in [2.24, 2.45) is 5.41 Å². The smallest absolute Gasteiger partial charge is 0.254 e. The third-order valence-electron chi connectivity index (χ3n) is 5.13. The fraction of sp³-hybridized carbons (Fsp3) is 0.591. The number of rotatable bonds is 6. The fourth-order valence-electron chi connectivity index (χ4n) is 3.71. The van der Waals surface area contributed by atoms with Crippen LogP contribution in [0.3, 0.4) is 0 Å². The molecule has 0 radical (unpaired) electrons. The average Bonchev–Trinajstić information content (AvgIpc) is 3.18. The largest absolute Gasteiger partial charge is 0.493 e. The third-order valence-corrected chi connectivity index (χ3v) is 5.13. The summed E-state index contributed by atoms with van der Waals surface area (Å²) in [5, 5.41) is 8.46. The van der Waals surface area contributed by atoms with Gasteiger partial charge in [0, 0.05) is 25.1 Å². The SMILES string of the molecule is COc1cc(C(=O)N2CCCC(c3nnc(CC(C)(C)C)o3)C2)cc(OC)c1OC. The summed E-state index contributed by atoms with van der Waals surface area (Å²) >= 11 is 0. The van der Waals surface area contributed by atoms with Crippen LogP contribution < -0.4 is 14.2 Å². The van der Waals surface area contributed by atoms with E-state index in [9.17, 15) is 4.79 Å². The minimum absolute atomic E-state index is 0.0333. The molecule has 0 saturated carbocycles. The predicted octanol–water partition coefficient (Wildman–Crippen LogP) is 3.70. The molecule has 1 aromatic carbocycles. The first kappa shape index (κ1) is 21.9. The van der Waals surface area contributed by atoms with E-state index in [1.165, 1.54) is 21.3 Å². The summed E-state index contributed by atoms with van der Waals surface area (Å²) in [6.45, 7) is 7.61. The van der Waals surface area contributed by atoms with Crippen LogP contribution in [0.1, 0.15) is 61.7 Å². The summed E-state index contributed by atoms with van der Waals surface area (Å²) in [5.41, 5.74) is 0.564. The number of benzene rings is 1. The van der Waals surface area contributed by atoms with Crippen molar-refractivity contribution in [1.29, 1.82) is 0 Å². The Labute approximate surface area is 177 Å². The van der Waals surface area contributed by atoms with Crippen molar-refractivity contribution in [3.8, 4) is 17.2 Å². The van der Waals surface area contributed by atoms with Gasteiger partial charge in [0.2, 0.25) is 17.5 Å². The highest BCUT2D eigenvalue weighted by molar-refractivity contribution is 5.95. The summed E-state index contributed by atoms with van der Waals surface area (Å²) in [4.78, 5) is 15.0. The molecule has 2 heterocycles. The highest BCUT2D eigenvalue weighted by atomic mass is 16.5. The number of aromatic nitrogens is 2. The Bertz CT molecular complexity index is 862. The molecular formula is C22H31N3O5. The molecule has 1 aliphatic heterocycles. The van der Waals surface area contributed by atoms with Crippen molar-refractivity contribution in [3.05, 3.63) is 29.5 Å². The molecule has 0 bridgehead atoms. The quantitative estimate of drug-likeness (QED) is 0.708. The van der Waals surface area contributed by atoms with Gasteiger partial charge in [-0.15, -0.1) is 10.2 Å². The maximum Gasteiger partial charge on any atom is 0.254 e. The molecule has 30 heavy (non-hydrogen) atoms. The molecule has 1 atom stereocenters. The van der Waals surface area contributed by atoms with Crippen molar-refractivity contribution in [1.82, 2.24) is 15.1 Å². The maximum atomic E-state index is 13.2. The normalized spacial score (nSPS) is 17.0. The molecule has 1 unspecified atom stereocenters. The Morgan fingerprint density at radius 3 is 2.37 bits per heavy atom. The van der Waals surface area contributed by atoms with E-state index < -0.39 is 0 Å². The predicted molar refractivity (Wildman–Crippen MR) is 111 cm³/mol. The van der Waals surface area contributed by atoms with E-state index in [-0.39, 0.29) is 17.2 Å². The standard InChI is InChI=1S/C22H31N3O5/c1-22(2,3)12-18-23-24-20(30-18)14-8-7-9-25(13-14)21(26)15-10-16(27-4)19(29-6)17(11-15)28-5/h10-11,14H,7-9,12-13H2,1-6H3. The van der Waals surface area contributed by atoms with Crippen LogP contribution >= 0.6 is 0 Å². The van der Waals surface area contributed by atoms with Crippen molar-refractivity contribution in [3.63, 3.8) is 0 Å². The van der Waals surface area contributed by atoms with Gasteiger partial charge in [-0.05, 0) is 30.4 Å². The monoisotopic (exact) mass is 417 g/mol. The number of piperidine rings is 1. The summed E-state index contributed by atoms with van der Waals surface area (Å²) in [6.07, 6.45) is 2.51. The van der Waals surface area contributed by atoms with Gasteiger partial charge in [0.1, 0.15) is 0 Å². The molecule has 1 aliphatic rings. The highest BCUT2D eigenvalue weighted by Crippen LogP contribution is 2.39. The molecule has 3 rings (SSSR count). The van der Waals surface area contributed by atoms with Crippen molar-refractivity contribution >= 4 is 5.91 Å². The Balaban J connectivity index is 1.78. The zero-order chi connectivity index (χ0) is 21.9. The second-order valence-electron chi connectivity index (χ2n) is 8.78. The highest BCUT2D eigenvalue weighted by Gasteiger charge is 2.30. The molecule has 0 aliphatic carbocycles. The van der Waals surface area contributed by atoms with Crippen LogP contribution in [-0.4, -0.2) is 55.4 Å². The summed E-state index contributed by atoms with van der Waals surface area (Å²) in [7, 11) is 4.61. The minimum atomic E-state index is -0.0895. The van der Waals surface area contributed by atoms with Gasteiger partial charge in [0.15, 0.2) is 11.5 Å². The molecule has 2 aromatic rings. The molecule has 1 saturated heterocycles. The number of nitrogens with zero attached hydrogens (tertiary/aromatic N) is 3. The lowest BCUT2D eigenvalue weighted by Gasteiger charge is -2.31. The van der Waals surface area contributed by atoms with E-state index in [0.29, 0.717) is 47.7 Å². The van der Waals surface area contributed by atoms with Crippen molar-refractivity contribution in [2.45, 2.75) is 46.0 Å². The molecule has 1 aromatic heterocycles. The number of hydrogen-bond acceptors (Lipinski definition) is 7. The van der Waals surface area contributed by atoms with E-state index in [0.717, 1.165) is 19.3 Å². The number of amides is 1. The van der Waals surface area contributed by atoms with E-state index in [4.69, 9.17) is 18.6 Å². The lowest BCUT2D eigenvalue weighted by Crippen LogP contribution is -2.39. The van der Waals surface area contributed by atoms with Crippen molar-refractivity contribution in [2.75, 3.05) is 34.4 Å². The van der Waals surface area contributed by atoms with Crippen LogP contribution in [-0.2, 0) is 6.42 Å².